The van der Waals surface area contributed by atoms with Crippen LogP contribution in [0.5, 0.6) is 0 Å². The zero-order valence-electron chi connectivity index (χ0n) is 26.4. The number of hydrogen-bond donors (Lipinski definition) is 0. The summed E-state index contributed by atoms with van der Waals surface area (Å²) < 4.78 is 34.2. The van der Waals surface area contributed by atoms with E-state index in [-0.39, 0.29) is 45.2 Å². The number of allylic oxidation sites excluding steroid dienone is 2. The minimum Gasteiger partial charge on any atom is -0.463 e. The molecule has 0 aromatic heterocycles. The third-order valence-corrected chi connectivity index (χ3v) is 9.31. The van der Waals surface area contributed by atoms with Gasteiger partial charge in [0.2, 0.25) is 0 Å². The Labute approximate surface area is 265 Å². The summed E-state index contributed by atoms with van der Waals surface area (Å²) in [6.07, 6.45) is 22.6. The van der Waals surface area contributed by atoms with E-state index in [4.69, 9.17) is 50.1 Å². The average molecular weight is 643 g/mol. The number of unbranched alkanes of at least 4 members (excludes halogenated alkanes) is 11. The second kappa shape index (κ2) is 28.1. The Hall–Kier alpha value is -1.36. The van der Waals surface area contributed by atoms with Gasteiger partial charge in [0.1, 0.15) is 12.7 Å². The molecule has 0 aliphatic carbocycles. The fraction of sp³-hybridized carbons (Fsp3) is 0.844. The predicted octanol–water partition coefficient (Wildman–Crippen LogP) is 8.58. The lowest BCUT2D eigenvalue weighted by atomic mass is 10.1. The minimum atomic E-state index is -3.21. The van der Waals surface area contributed by atoms with Crippen molar-refractivity contribution >= 4 is 24.5 Å². The van der Waals surface area contributed by atoms with E-state index in [1.165, 1.54) is 57.8 Å². The summed E-state index contributed by atoms with van der Waals surface area (Å²) in [4.78, 5) is 12.4. The molecule has 11 heteroatoms. The van der Waals surface area contributed by atoms with Crippen LogP contribution in [0.2, 0.25) is 0 Å². The highest BCUT2D eigenvalue weighted by Gasteiger charge is 2.27. The van der Waals surface area contributed by atoms with Crippen molar-refractivity contribution in [1.82, 2.24) is 0 Å². The Morgan fingerprint density at radius 2 is 1.49 bits per heavy atom. The maximum absolute atomic E-state index is 12.4. The van der Waals surface area contributed by atoms with Gasteiger partial charge in [-0.25, -0.2) is 0 Å². The van der Waals surface area contributed by atoms with Crippen LogP contribution in [-0.2, 0) is 44.4 Å². The molecule has 1 saturated heterocycles. The van der Waals surface area contributed by atoms with Crippen molar-refractivity contribution in [2.24, 2.45) is 0 Å². The van der Waals surface area contributed by atoms with Crippen molar-refractivity contribution in [3.8, 4) is 12.1 Å². The molecule has 0 saturated carbocycles. The van der Waals surface area contributed by atoms with Crippen LogP contribution in [0.3, 0.4) is 0 Å². The van der Waals surface area contributed by atoms with E-state index in [9.17, 15) is 4.79 Å². The van der Waals surface area contributed by atoms with Crippen molar-refractivity contribution < 1.29 is 32.6 Å². The van der Waals surface area contributed by atoms with Gasteiger partial charge in [-0.05, 0) is 63.2 Å². The summed E-state index contributed by atoms with van der Waals surface area (Å²) in [5.74, 6) is -0.272. The molecule has 0 spiro atoms. The van der Waals surface area contributed by atoms with Gasteiger partial charge in [-0.1, -0.05) is 70.4 Å². The fourth-order valence-corrected chi connectivity index (χ4v) is 6.28. The van der Waals surface area contributed by atoms with E-state index in [2.05, 4.69) is 19.1 Å². The molecular weight excluding hydrogens is 587 g/mol. The number of nitriles is 2. The first kappa shape index (κ1) is 39.7. The Bertz CT molecular complexity index is 832. The van der Waals surface area contributed by atoms with E-state index in [0.717, 1.165) is 44.9 Å². The third kappa shape index (κ3) is 23.7. The van der Waals surface area contributed by atoms with Gasteiger partial charge in [0, 0.05) is 13.0 Å². The molecule has 43 heavy (non-hydrogen) atoms. The number of rotatable bonds is 28. The van der Waals surface area contributed by atoms with Gasteiger partial charge < -0.3 is 27.8 Å². The van der Waals surface area contributed by atoms with Crippen molar-refractivity contribution in [2.75, 3.05) is 33.0 Å². The monoisotopic (exact) mass is 642 g/mol. The van der Waals surface area contributed by atoms with Gasteiger partial charge in [0.05, 0.1) is 44.8 Å². The highest BCUT2D eigenvalue weighted by molar-refractivity contribution is 8.07. The maximum atomic E-state index is 12.4. The Morgan fingerprint density at radius 1 is 0.884 bits per heavy atom. The molecule has 0 aromatic carbocycles. The Kier molecular flexibility index (Phi) is 26.0. The lowest BCUT2D eigenvalue weighted by Crippen LogP contribution is -2.34. The molecule has 0 bridgehead atoms. The first-order valence-electron chi connectivity index (χ1n) is 16.4. The second-order valence-electron chi connectivity index (χ2n) is 10.8. The summed E-state index contributed by atoms with van der Waals surface area (Å²) in [5.41, 5.74) is 0. The normalized spacial score (nSPS) is 16.1. The zero-order chi connectivity index (χ0) is 31.3. The van der Waals surface area contributed by atoms with Crippen LogP contribution in [0.1, 0.15) is 129 Å². The fourth-order valence-electron chi connectivity index (χ4n) is 4.45. The molecule has 1 aliphatic heterocycles. The topological polar surface area (TPSA) is 120 Å². The molecule has 2 atom stereocenters. The largest absolute Gasteiger partial charge is 0.463 e. The molecule has 0 amide bonds. The molecule has 0 N–H and O–H groups in total. The van der Waals surface area contributed by atoms with E-state index in [1.807, 2.05) is 12.1 Å². The standard InChI is InChI=1S/C32H55N2O7PS/c1-2-3-4-5-6-7-8-9-10-11-12-13-14-15-16-21-31(35)37-28-30(41-32-22-17-18-25-36-32)29-40-42(43,38-26-19-23-33)39-27-20-24-34/h9-10,30,32H,2-8,11-22,25-29H2,1H3/b10-9-/t30-,32?/m1/s1. The quantitative estimate of drug-likeness (QED) is 0.0355. The highest BCUT2D eigenvalue weighted by atomic mass is 32.5. The Morgan fingerprint density at radius 3 is 2.07 bits per heavy atom. The molecule has 0 radical (unpaired) electrons. The molecule has 0 aromatic rings. The van der Waals surface area contributed by atoms with Crippen LogP contribution >= 0.6 is 6.72 Å². The van der Waals surface area contributed by atoms with E-state index in [0.29, 0.717) is 13.0 Å². The van der Waals surface area contributed by atoms with Gasteiger partial charge in [0.25, 0.3) is 0 Å². The molecule has 1 aliphatic rings. The molecule has 1 unspecified atom stereocenters. The predicted molar refractivity (Wildman–Crippen MR) is 171 cm³/mol. The number of nitrogens with zero attached hydrogens (tertiary/aromatic N) is 2. The van der Waals surface area contributed by atoms with E-state index >= 15 is 0 Å². The van der Waals surface area contributed by atoms with Crippen LogP contribution in [0.15, 0.2) is 12.2 Å². The second-order valence-corrected chi connectivity index (χ2v) is 13.8. The molecule has 9 nitrogen and oxygen atoms in total. The van der Waals surface area contributed by atoms with E-state index in [1.54, 1.807) is 0 Å². The van der Waals surface area contributed by atoms with Crippen LogP contribution < -0.4 is 0 Å². The van der Waals surface area contributed by atoms with Crippen molar-refractivity contribution in [3.63, 3.8) is 0 Å². The maximum Gasteiger partial charge on any atom is 0.327 e. The van der Waals surface area contributed by atoms with Gasteiger partial charge in [0.15, 0.2) is 6.29 Å². The van der Waals surface area contributed by atoms with Crippen molar-refractivity contribution in [2.45, 2.75) is 141 Å². The van der Waals surface area contributed by atoms with Crippen LogP contribution in [0, 0.1) is 22.7 Å². The van der Waals surface area contributed by atoms with Gasteiger partial charge >= 0.3 is 12.7 Å². The summed E-state index contributed by atoms with van der Waals surface area (Å²) in [6.45, 7) is -0.270. The summed E-state index contributed by atoms with van der Waals surface area (Å²) in [5, 5.41) is 17.6. The van der Waals surface area contributed by atoms with Crippen molar-refractivity contribution in [3.05, 3.63) is 12.2 Å². The smallest absolute Gasteiger partial charge is 0.327 e. The van der Waals surface area contributed by atoms with Crippen molar-refractivity contribution in [1.29, 1.82) is 10.5 Å². The van der Waals surface area contributed by atoms with Gasteiger partial charge in [-0.3, -0.25) is 4.79 Å². The molecular formula is C32H55N2O7PS. The van der Waals surface area contributed by atoms with Crippen LogP contribution in [0.25, 0.3) is 0 Å². The minimum absolute atomic E-state index is 0.00447. The summed E-state index contributed by atoms with van der Waals surface area (Å²) >= 11 is 5.46. The molecule has 246 valence electrons. The van der Waals surface area contributed by atoms with Gasteiger partial charge in [-0.15, -0.1) is 0 Å². The number of carbonyl (C=O) groups excluding carboxylic acids is 1. The van der Waals surface area contributed by atoms with Crippen LogP contribution in [-0.4, -0.2) is 51.4 Å². The SMILES string of the molecule is CCCCCCCC/C=C\CCCCCCCC(=O)OC[C@H](COP(=S)(OCCC#N)OCCC#N)OC1CCCCO1. The third-order valence-electron chi connectivity index (χ3n) is 6.90. The van der Waals surface area contributed by atoms with Gasteiger partial charge in [-0.2, -0.15) is 10.5 Å². The summed E-state index contributed by atoms with van der Waals surface area (Å²) in [6, 6.07) is 3.98. The molecule has 1 fully saturated rings. The lowest BCUT2D eigenvalue weighted by Gasteiger charge is -2.29. The number of ether oxygens (including phenoxy) is 3. The first-order chi connectivity index (χ1) is 21.0. The summed E-state index contributed by atoms with van der Waals surface area (Å²) in [7, 11) is 0. The Balaban J connectivity index is 2.32. The molecule has 1 heterocycles. The number of esters is 1. The lowest BCUT2D eigenvalue weighted by molar-refractivity contribution is -0.204. The highest BCUT2D eigenvalue weighted by Crippen LogP contribution is 2.50. The zero-order valence-corrected chi connectivity index (χ0v) is 28.1. The average Bonchev–Trinajstić information content (AvgIpc) is 3.01. The molecule has 1 rings (SSSR count). The van der Waals surface area contributed by atoms with Crippen LogP contribution in [0.4, 0.5) is 0 Å². The van der Waals surface area contributed by atoms with E-state index < -0.39 is 19.1 Å². The number of carbonyl (C=O) groups is 1. The first-order valence-corrected chi connectivity index (χ1v) is 18.9. The number of hydrogen-bond acceptors (Lipinski definition) is 10.